The molecule has 3 rings (SSSR count). The van der Waals surface area contributed by atoms with Gasteiger partial charge in [-0.15, -0.1) is 0 Å². The Morgan fingerprint density at radius 1 is 1.15 bits per heavy atom. The van der Waals surface area contributed by atoms with Crippen LogP contribution in [-0.2, 0) is 16.9 Å². The molecule has 0 fully saturated rings. The summed E-state index contributed by atoms with van der Waals surface area (Å²) >= 11 is -1.35. The minimum Gasteiger partial charge on any atom is -0.611 e. The molecule has 0 amide bonds. The first-order valence-electron chi connectivity index (χ1n) is 7.88. The summed E-state index contributed by atoms with van der Waals surface area (Å²) in [6.45, 7) is 0. The van der Waals surface area contributed by atoms with E-state index in [1.165, 1.54) is 7.11 Å². The van der Waals surface area contributed by atoms with Crippen molar-refractivity contribution in [3.8, 4) is 16.9 Å². The molecule has 0 saturated carbocycles. The lowest BCUT2D eigenvalue weighted by Crippen LogP contribution is -2.12. The number of hydrogen-bond donors (Lipinski definition) is 1. The van der Waals surface area contributed by atoms with E-state index in [-0.39, 0.29) is 17.1 Å². The zero-order valence-electron chi connectivity index (χ0n) is 14.1. The second kappa shape index (κ2) is 8.03. The fourth-order valence-electron chi connectivity index (χ4n) is 2.74. The van der Waals surface area contributed by atoms with Crippen LogP contribution in [0.25, 0.3) is 11.1 Å². The number of aromatic nitrogens is 1. The maximum Gasteiger partial charge on any atom is 0.339 e. The van der Waals surface area contributed by atoms with Crippen molar-refractivity contribution in [3.63, 3.8) is 0 Å². The number of carboxylic acid groups (broad SMARTS) is 1. The summed E-state index contributed by atoms with van der Waals surface area (Å²) in [6.07, 6.45) is 3.29. The Hall–Kier alpha value is -2.83. The summed E-state index contributed by atoms with van der Waals surface area (Å²) in [6, 6.07) is 16.0. The molecule has 132 valence electrons. The first kappa shape index (κ1) is 18.0. The molecule has 0 bridgehead atoms. The van der Waals surface area contributed by atoms with Crippen molar-refractivity contribution in [3.05, 3.63) is 78.1 Å². The van der Waals surface area contributed by atoms with E-state index < -0.39 is 17.1 Å². The predicted molar refractivity (Wildman–Crippen MR) is 99.7 cm³/mol. The molecule has 0 aliphatic rings. The number of ether oxygens (including phenoxy) is 1. The lowest BCUT2D eigenvalue weighted by atomic mass is 9.99. The number of hydrogen-bond acceptors (Lipinski definition) is 4. The number of carboxylic acids is 1. The van der Waals surface area contributed by atoms with Crippen molar-refractivity contribution in [2.75, 3.05) is 7.11 Å². The molecule has 26 heavy (non-hydrogen) atoms. The fraction of sp³-hybridized carbons (Fsp3) is 0.100. The second-order valence-corrected chi connectivity index (χ2v) is 6.98. The zero-order valence-corrected chi connectivity index (χ0v) is 14.9. The third-order valence-electron chi connectivity index (χ3n) is 3.93. The molecule has 0 radical (unpaired) electrons. The minimum atomic E-state index is -1.35. The van der Waals surface area contributed by atoms with Gasteiger partial charge in [0.25, 0.3) is 0 Å². The molecule has 0 aliphatic heterocycles. The number of methoxy groups -OCH3 is 1. The Morgan fingerprint density at radius 3 is 2.54 bits per heavy atom. The van der Waals surface area contributed by atoms with Crippen molar-refractivity contribution in [2.45, 2.75) is 10.6 Å². The quantitative estimate of drug-likeness (QED) is 0.671. The maximum absolute atomic E-state index is 12.6. The molecule has 1 atom stereocenters. The smallest absolute Gasteiger partial charge is 0.339 e. The monoisotopic (exact) mass is 367 g/mol. The van der Waals surface area contributed by atoms with E-state index in [0.29, 0.717) is 16.0 Å². The minimum absolute atomic E-state index is 0.0261. The topological polar surface area (TPSA) is 82.5 Å². The van der Waals surface area contributed by atoms with Gasteiger partial charge in [0.1, 0.15) is 17.1 Å². The van der Waals surface area contributed by atoms with Crippen LogP contribution in [0.1, 0.15) is 15.9 Å². The zero-order chi connectivity index (χ0) is 18.5. The molecule has 1 unspecified atom stereocenters. The molecule has 5 nitrogen and oxygen atoms in total. The van der Waals surface area contributed by atoms with E-state index >= 15 is 0 Å². The lowest BCUT2D eigenvalue weighted by molar-refractivity contribution is 0.0692. The highest BCUT2D eigenvalue weighted by Gasteiger charge is 2.24. The molecular weight excluding hydrogens is 350 g/mol. The van der Waals surface area contributed by atoms with Crippen LogP contribution in [0.5, 0.6) is 5.75 Å². The van der Waals surface area contributed by atoms with Crippen molar-refractivity contribution in [1.82, 2.24) is 4.98 Å². The Bertz CT molecular complexity index is 900. The fourth-order valence-corrected chi connectivity index (χ4v) is 3.89. The number of aromatic carboxylic acids is 1. The van der Waals surface area contributed by atoms with Gasteiger partial charge in [-0.05, 0) is 29.4 Å². The molecule has 1 heterocycles. The number of rotatable bonds is 6. The summed E-state index contributed by atoms with van der Waals surface area (Å²) in [5.41, 5.74) is 1.87. The highest BCUT2D eigenvalue weighted by Crippen LogP contribution is 2.36. The Kier molecular flexibility index (Phi) is 5.55. The molecule has 6 heteroatoms. The third kappa shape index (κ3) is 3.71. The molecule has 0 saturated heterocycles. The highest BCUT2D eigenvalue weighted by molar-refractivity contribution is 7.90. The van der Waals surface area contributed by atoms with Crippen molar-refractivity contribution >= 4 is 17.1 Å². The summed E-state index contributed by atoms with van der Waals surface area (Å²) in [5.74, 6) is -0.782. The van der Waals surface area contributed by atoms with Crippen molar-refractivity contribution < 1.29 is 19.2 Å². The van der Waals surface area contributed by atoms with Gasteiger partial charge in [-0.3, -0.25) is 4.98 Å². The van der Waals surface area contributed by atoms with E-state index in [0.717, 1.165) is 5.56 Å². The standard InChI is InChI=1S/C20H17NO4S/c1-25-19-17(14-6-5-11-21-12-14)10-9-15(18(19)20(22)23)13-26(24)16-7-3-2-4-8-16/h2-12H,13H2,1H3,(H,22,23). The lowest BCUT2D eigenvalue weighted by Gasteiger charge is -2.17. The second-order valence-electron chi connectivity index (χ2n) is 5.53. The van der Waals surface area contributed by atoms with Gasteiger partial charge in [0, 0.05) is 29.1 Å². The summed E-state index contributed by atoms with van der Waals surface area (Å²) in [4.78, 5) is 16.6. The highest BCUT2D eigenvalue weighted by atomic mass is 32.2. The predicted octanol–water partition coefficient (Wildman–Crippen LogP) is 3.76. The third-order valence-corrected chi connectivity index (χ3v) is 5.30. The van der Waals surface area contributed by atoms with E-state index in [1.807, 2.05) is 12.1 Å². The van der Waals surface area contributed by atoms with Crippen LogP contribution < -0.4 is 4.74 Å². The van der Waals surface area contributed by atoms with E-state index in [9.17, 15) is 14.5 Å². The van der Waals surface area contributed by atoms with Gasteiger partial charge in [-0.1, -0.05) is 36.4 Å². The molecule has 1 aromatic heterocycles. The molecule has 3 aromatic rings. The molecule has 0 spiro atoms. The van der Waals surface area contributed by atoms with Crippen LogP contribution in [0.2, 0.25) is 0 Å². The molecule has 2 aromatic carbocycles. The molecule has 1 N–H and O–H groups in total. The average Bonchev–Trinajstić information content (AvgIpc) is 2.68. The summed E-state index contributed by atoms with van der Waals surface area (Å²) in [7, 11) is 1.43. The Labute approximate surface area is 154 Å². The van der Waals surface area contributed by atoms with Gasteiger partial charge in [0.05, 0.1) is 7.11 Å². The van der Waals surface area contributed by atoms with Crippen LogP contribution in [0.15, 0.2) is 71.9 Å². The first-order valence-corrected chi connectivity index (χ1v) is 9.20. The van der Waals surface area contributed by atoms with E-state index in [1.54, 1.807) is 54.9 Å². The van der Waals surface area contributed by atoms with Crippen molar-refractivity contribution in [1.29, 1.82) is 0 Å². The van der Waals surface area contributed by atoms with Crippen LogP contribution >= 0.6 is 0 Å². The SMILES string of the molecule is COc1c(-c2cccnc2)ccc(C[S+]([O-])c2ccccc2)c1C(=O)O. The van der Waals surface area contributed by atoms with Gasteiger partial charge in [0.15, 0.2) is 4.90 Å². The number of pyridine rings is 1. The van der Waals surface area contributed by atoms with E-state index in [2.05, 4.69) is 4.98 Å². The number of carbonyl (C=O) groups is 1. The van der Waals surface area contributed by atoms with Crippen LogP contribution in [0, 0.1) is 0 Å². The molecular formula is C20H17NO4S. The maximum atomic E-state index is 12.6. The Morgan fingerprint density at radius 2 is 1.92 bits per heavy atom. The Balaban J connectivity index is 2.05. The van der Waals surface area contributed by atoms with Gasteiger partial charge < -0.3 is 14.4 Å². The largest absolute Gasteiger partial charge is 0.611 e. The van der Waals surface area contributed by atoms with Crippen LogP contribution in [0.4, 0.5) is 0 Å². The van der Waals surface area contributed by atoms with Gasteiger partial charge in [0.2, 0.25) is 0 Å². The van der Waals surface area contributed by atoms with E-state index in [4.69, 9.17) is 4.74 Å². The number of benzene rings is 2. The summed E-state index contributed by atoms with van der Waals surface area (Å²) < 4.78 is 18.0. The van der Waals surface area contributed by atoms with Crippen LogP contribution in [0.3, 0.4) is 0 Å². The van der Waals surface area contributed by atoms with Gasteiger partial charge in [-0.25, -0.2) is 4.79 Å². The van der Waals surface area contributed by atoms with Crippen LogP contribution in [-0.4, -0.2) is 27.7 Å². The normalized spacial score (nSPS) is 11.8. The van der Waals surface area contributed by atoms with Gasteiger partial charge in [-0.2, -0.15) is 0 Å². The van der Waals surface area contributed by atoms with Crippen molar-refractivity contribution in [2.24, 2.45) is 0 Å². The summed E-state index contributed by atoms with van der Waals surface area (Å²) in [5, 5.41) is 9.74. The van der Waals surface area contributed by atoms with Gasteiger partial charge >= 0.3 is 5.97 Å². The molecule has 0 aliphatic carbocycles. The average molecular weight is 367 g/mol. The first-order chi connectivity index (χ1) is 12.6. The number of nitrogens with zero attached hydrogens (tertiary/aromatic N) is 1.